The molecule has 0 bridgehead atoms. The Morgan fingerprint density at radius 1 is 1.41 bits per heavy atom. The summed E-state index contributed by atoms with van der Waals surface area (Å²) >= 11 is 0. The molecule has 22 heavy (non-hydrogen) atoms. The Balaban J connectivity index is 2.08. The summed E-state index contributed by atoms with van der Waals surface area (Å²) in [6.07, 6.45) is 1.41. The lowest BCUT2D eigenvalue weighted by Gasteiger charge is -2.34. The number of carbonyl (C=O) groups is 1. The predicted octanol–water partition coefficient (Wildman–Crippen LogP) is 1.75. The normalized spacial score (nSPS) is 19.5. The van der Waals surface area contributed by atoms with Crippen LogP contribution in [0.25, 0.3) is 0 Å². The molecule has 1 N–H and O–H groups in total. The van der Waals surface area contributed by atoms with Crippen LogP contribution in [0, 0.1) is 11.7 Å². The molecular formula is C15H21FN2O3S. The highest BCUT2D eigenvalue weighted by atomic mass is 32.2. The number of sulfonamides is 1. The molecule has 0 aromatic heterocycles. The van der Waals surface area contributed by atoms with E-state index in [4.69, 9.17) is 0 Å². The van der Waals surface area contributed by atoms with Gasteiger partial charge in [-0.2, -0.15) is 0 Å². The van der Waals surface area contributed by atoms with Gasteiger partial charge in [-0.25, -0.2) is 17.5 Å². The minimum Gasteiger partial charge on any atom is -0.341 e. The number of piperidine rings is 1. The zero-order chi connectivity index (χ0) is 16.3. The van der Waals surface area contributed by atoms with Gasteiger partial charge < -0.3 is 4.90 Å². The summed E-state index contributed by atoms with van der Waals surface area (Å²) in [4.78, 5) is 13.6. The second-order valence-corrected chi connectivity index (χ2v) is 7.57. The van der Waals surface area contributed by atoms with Gasteiger partial charge in [-0.05, 0) is 31.0 Å². The topological polar surface area (TPSA) is 66.5 Å². The Labute approximate surface area is 130 Å². The maximum absolute atomic E-state index is 13.2. The first kappa shape index (κ1) is 16.9. The van der Waals surface area contributed by atoms with Crippen molar-refractivity contribution in [2.45, 2.75) is 37.6 Å². The van der Waals surface area contributed by atoms with Crippen molar-refractivity contribution >= 4 is 15.9 Å². The molecule has 1 fully saturated rings. The van der Waals surface area contributed by atoms with Crippen molar-refractivity contribution in [3.63, 3.8) is 0 Å². The number of hydrogen-bond acceptors (Lipinski definition) is 3. The van der Waals surface area contributed by atoms with E-state index in [0.717, 1.165) is 12.5 Å². The van der Waals surface area contributed by atoms with Crippen molar-refractivity contribution in [1.29, 1.82) is 0 Å². The van der Waals surface area contributed by atoms with Gasteiger partial charge in [0.2, 0.25) is 15.9 Å². The third-order valence-electron chi connectivity index (χ3n) is 3.66. The molecule has 1 atom stereocenters. The van der Waals surface area contributed by atoms with Gasteiger partial charge in [-0.15, -0.1) is 0 Å². The van der Waals surface area contributed by atoms with E-state index in [2.05, 4.69) is 4.72 Å². The predicted molar refractivity (Wildman–Crippen MR) is 81.2 cm³/mol. The van der Waals surface area contributed by atoms with Crippen LogP contribution in [0.4, 0.5) is 4.39 Å². The summed E-state index contributed by atoms with van der Waals surface area (Å²) < 4.78 is 40.3. The van der Waals surface area contributed by atoms with Gasteiger partial charge in [-0.1, -0.05) is 19.9 Å². The maximum Gasteiger partial charge on any atom is 0.240 e. The average Bonchev–Trinajstić information content (AvgIpc) is 2.46. The van der Waals surface area contributed by atoms with Crippen molar-refractivity contribution in [3.8, 4) is 0 Å². The third-order valence-corrected chi connectivity index (χ3v) is 5.17. The summed E-state index contributed by atoms with van der Waals surface area (Å²) in [6, 6.07) is 4.56. The zero-order valence-electron chi connectivity index (χ0n) is 12.8. The molecule has 1 aromatic rings. The van der Waals surface area contributed by atoms with Crippen LogP contribution in [-0.4, -0.2) is 38.4 Å². The fourth-order valence-corrected chi connectivity index (χ4v) is 3.85. The van der Waals surface area contributed by atoms with E-state index >= 15 is 0 Å². The van der Waals surface area contributed by atoms with Crippen LogP contribution in [0.1, 0.15) is 26.7 Å². The fraction of sp³-hybridized carbons (Fsp3) is 0.533. The van der Waals surface area contributed by atoms with E-state index in [9.17, 15) is 17.6 Å². The van der Waals surface area contributed by atoms with Crippen LogP contribution in [-0.2, 0) is 14.8 Å². The van der Waals surface area contributed by atoms with E-state index in [-0.39, 0.29) is 22.8 Å². The van der Waals surface area contributed by atoms with Gasteiger partial charge in [0.05, 0.1) is 4.90 Å². The molecule has 0 saturated carbocycles. The maximum atomic E-state index is 13.2. The first-order valence-electron chi connectivity index (χ1n) is 7.36. The molecular weight excluding hydrogens is 307 g/mol. The van der Waals surface area contributed by atoms with Crippen molar-refractivity contribution in [3.05, 3.63) is 30.1 Å². The molecule has 5 nitrogen and oxygen atoms in total. The summed E-state index contributed by atoms with van der Waals surface area (Å²) in [5, 5.41) is 0. The number of hydrogen-bond donors (Lipinski definition) is 1. The van der Waals surface area contributed by atoms with Crippen LogP contribution in [0.15, 0.2) is 29.2 Å². The highest BCUT2D eigenvalue weighted by molar-refractivity contribution is 7.89. The van der Waals surface area contributed by atoms with E-state index in [1.165, 1.54) is 18.2 Å². The number of likely N-dealkylation sites (tertiary alicyclic amines) is 1. The van der Waals surface area contributed by atoms with E-state index < -0.39 is 15.8 Å². The number of amides is 1. The lowest BCUT2D eigenvalue weighted by atomic mass is 10.0. The molecule has 122 valence electrons. The molecule has 1 saturated heterocycles. The van der Waals surface area contributed by atoms with Crippen molar-refractivity contribution < 1.29 is 17.6 Å². The van der Waals surface area contributed by atoms with Gasteiger partial charge >= 0.3 is 0 Å². The molecule has 1 aromatic carbocycles. The van der Waals surface area contributed by atoms with Gasteiger partial charge in [0, 0.05) is 25.0 Å². The summed E-state index contributed by atoms with van der Waals surface area (Å²) in [5.74, 6) is -0.684. The SMILES string of the molecule is CC(C)C(=O)N1CCCC(NS(=O)(=O)c2cccc(F)c2)C1. The van der Waals surface area contributed by atoms with Crippen LogP contribution < -0.4 is 4.72 Å². The Morgan fingerprint density at radius 3 is 2.77 bits per heavy atom. The number of carbonyl (C=O) groups excluding carboxylic acids is 1. The number of rotatable bonds is 4. The van der Waals surface area contributed by atoms with Crippen molar-refractivity contribution in [2.24, 2.45) is 5.92 Å². The second-order valence-electron chi connectivity index (χ2n) is 5.86. The Morgan fingerprint density at radius 2 is 2.14 bits per heavy atom. The third kappa shape index (κ3) is 4.04. The molecule has 0 radical (unpaired) electrons. The van der Waals surface area contributed by atoms with Crippen molar-refractivity contribution in [2.75, 3.05) is 13.1 Å². The van der Waals surface area contributed by atoms with Gasteiger partial charge in [0.1, 0.15) is 5.82 Å². The molecule has 1 amide bonds. The van der Waals surface area contributed by atoms with E-state index in [1.807, 2.05) is 13.8 Å². The van der Waals surface area contributed by atoms with Crippen LogP contribution in [0.5, 0.6) is 0 Å². The van der Waals surface area contributed by atoms with Gasteiger partial charge in [-0.3, -0.25) is 4.79 Å². The summed E-state index contributed by atoms with van der Waals surface area (Å²) in [5.41, 5.74) is 0. The average molecular weight is 328 g/mol. The fourth-order valence-electron chi connectivity index (χ4n) is 2.56. The Bertz CT molecular complexity index is 646. The monoisotopic (exact) mass is 328 g/mol. The van der Waals surface area contributed by atoms with Gasteiger partial charge in [0.15, 0.2) is 0 Å². The largest absolute Gasteiger partial charge is 0.341 e. The molecule has 2 rings (SSSR count). The van der Waals surface area contributed by atoms with Crippen molar-refractivity contribution in [1.82, 2.24) is 9.62 Å². The minimum absolute atomic E-state index is 0.0228. The number of nitrogens with zero attached hydrogens (tertiary/aromatic N) is 1. The molecule has 0 spiro atoms. The summed E-state index contributed by atoms with van der Waals surface area (Å²) in [7, 11) is -3.78. The molecule has 1 heterocycles. The standard InChI is InChI=1S/C15H21FN2O3S/c1-11(2)15(19)18-8-4-6-13(10-18)17-22(20,21)14-7-3-5-12(16)9-14/h3,5,7,9,11,13,17H,4,6,8,10H2,1-2H3. The summed E-state index contributed by atoms with van der Waals surface area (Å²) in [6.45, 7) is 4.65. The number of halogens is 1. The van der Waals surface area contributed by atoms with Crippen LogP contribution >= 0.6 is 0 Å². The van der Waals surface area contributed by atoms with E-state index in [0.29, 0.717) is 19.5 Å². The molecule has 7 heteroatoms. The lowest BCUT2D eigenvalue weighted by Crippen LogP contribution is -2.50. The number of benzene rings is 1. The van der Waals surface area contributed by atoms with E-state index in [1.54, 1.807) is 4.90 Å². The second kappa shape index (κ2) is 6.75. The molecule has 0 aliphatic carbocycles. The molecule has 1 aliphatic heterocycles. The highest BCUT2D eigenvalue weighted by Crippen LogP contribution is 2.17. The zero-order valence-corrected chi connectivity index (χ0v) is 13.6. The minimum atomic E-state index is -3.78. The van der Waals surface area contributed by atoms with Gasteiger partial charge in [0.25, 0.3) is 0 Å². The highest BCUT2D eigenvalue weighted by Gasteiger charge is 2.28. The molecule has 1 unspecified atom stereocenters. The first-order chi connectivity index (χ1) is 10.3. The quantitative estimate of drug-likeness (QED) is 0.916. The van der Waals surface area contributed by atoms with Crippen LogP contribution in [0.2, 0.25) is 0 Å². The Kier molecular flexibility index (Phi) is 5.18. The first-order valence-corrected chi connectivity index (χ1v) is 8.84. The molecule has 1 aliphatic rings. The smallest absolute Gasteiger partial charge is 0.240 e. The Hall–Kier alpha value is -1.47. The number of nitrogens with one attached hydrogen (secondary N) is 1. The van der Waals surface area contributed by atoms with Crippen LogP contribution in [0.3, 0.4) is 0 Å². The lowest BCUT2D eigenvalue weighted by molar-refractivity contribution is -0.135.